The van der Waals surface area contributed by atoms with E-state index in [1.807, 2.05) is 19.1 Å². The molecule has 1 fully saturated rings. The molecule has 1 unspecified atom stereocenters. The van der Waals surface area contributed by atoms with Gasteiger partial charge in [0, 0.05) is 23.8 Å². The molecule has 1 aromatic carbocycles. The Kier molecular flexibility index (Phi) is 10.4. The third-order valence-electron chi connectivity index (χ3n) is 4.84. The van der Waals surface area contributed by atoms with Crippen LogP contribution in [-0.2, 0) is 0 Å². The summed E-state index contributed by atoms with van der Waals surface area (Å²) < 4.78 is 0. The van der Waals surface area contributed by atoms with E-state index in [9.17, 15) is 4.79 Å². The molecule has 0 radical (unpaired) electrons. The molecule has 1 amide bonds. The zero-order chi connectivity index (χ0) is 16.1. The molecule has 3 N–H and O–H groups in total. The van der Waals surface area contributed by atoms with Crippen LogP contribution >= 0.6 is 24.8 Å². The maximum Gasteiger partial charge on any atom is 0.251 e. The topological polar surface area (TPSA) is 58.4 Å². The van der Waals surface area contributed by atoms with Crippen molar-refractivity contribution < 1.29 is 4.79 Å². The van der Waals surface area contributed by atoms with Gasteiger partial charge in [0.1, 0.15) is 0 Å². The zero-order valence-corrected chi connectivity index (χ0v) is 16.5. The molecule has 1 aliphatic rings. The summed E-state index contributed by atoms with van der Waals surface area (Å²) in [5.74, 6) is 0.665. The molecular formula is C18H31Cl2N3O. The number of aryl methyl sites for hydroxylation is 1. The molecule has 24 heavy (non-hydrogen) atoms. The first-order valence-electron chi connectivity index (χ1n) is 8.30. The highest BCUT2D eigenvalue weighted by molar-refractivity contribution is 5.96. The summed E-state index contributed by atoms with van der Waals surface area (Å²) in [6.45, 7) is 2.64. The predicted molar refractivity (Wildman–Crippen MR) is 106 cm³/mol. The van der Waals surface area contributed by atoms with E-state index in [0.717, 1.165) is 5.56 Å². The summed E-state index contributed by atoms with van der Waals surface area (Å²) in [4.78, 5) is 14.7. The molecule has 0 saturated heterocycles. The van der Waals surface area contributed by atoms with E-state index in [2.05, 4.69) is 24.3 Å². The van der Waals surface area contributed by atoms with Gasteiger partial charge in [-0.3, -0.25) is 4.79 Å². The lowest BCUT2D eigenvalue weighted by Crippen LogP contribution is -2.45. The van der Waals surface area contributed by atoms with Crippen LogP contribution in [0.5, 0.6) is 0 Å². The standard InChI is InChI=1S/C18H29N3O.2ClH/c1-13-9-10-15(19)11-16(13)18(22)20-12-17(21(2)3)14-7-5-4-6-8-14;;/h9-11,14,17H,4-8,12,19H2,1-3H3,(H,20,22);2*1H. The number of carbonyl (C=O) groups excluding carboxylic acids is 1. The number of carbonyl (C=O) groups is 1. The second kappa shape index (κ2) is 10.8. The molecule has 0 bridgehead atoms. The van der Waals surface area contributed by atoms with Gasteiger partial charge in [0.05, 0.1) is 0 Å². The lowest BCUT2D eigenvalue weighted by molar-refractivity contribution is 0.0921. The Morgan fingerprint density at radius 3 is 2.46 bits per heavy atom. The fourth-order valence-corrected chi connectivity index (χ4v) is 3.47. The first-order chi connectivity index (χ1) is 10.5. The zero-order valence-electron chi connectivity index (χ0n) is 14.9. The minimum Gasteiger partial charge on any atom is -0.399 e. The molecular weight excluding hydrogens is 345 g/mol. The number of hydrogen-bond acceptors (Lipinski definition) is 3. The number of rotatable bonds is 5. The molecule has 1 saturated carbocycles. The normalized spacial score (nSPS) is 16.0. The lowest BCUT2D eigenvalue weighted by Gasteiger charge is -2.35. The monoisotopic (exact) mass is 375 g/mol. The van der Waals surface area contributed by atoms with Crippen LogP contribution in [0, 0.1) is 12.8 Å². The Morgan fingerprint density at radius 1 is 1.25 bits per heavy atom. The third-order valence-corrected chi connectivity index (χ3v) is 4.84. The molecule has 138 valence electrons. The van der Waals surface area contributed by atoms with Crippen molar-refractivity contribution in [3.8, 4) is 0 Å². The lowest BCUT2D eigenvalue weighted by atomic mass is 9.83. The largest absolute Gasteiger partial charge is 0.399 e. The maximum atomic E-state index is 12.4. The van der Waals surface area contributed by atoms with Crippen LogP contribution in [0.3, 0.4) is 0 Å². The number of nitrogens with two attached hydrogens (primary N) is 1. The minimum absolute atomic E-state index is 0. The summed E-state index contributed by atoms with van der Waals surface area (Å²) in [6, 6.07) is 5.90. The molecule has 0 spiro atoms. The number of nitrogen functional groups attached to an aromatic ring is 1. The van der Waals surface area contributed by atoms with Crippen LogP contribution in [0.25, 0.3) is 0 Å². The molecule has 2 rings (SSSR count). The molecule has 0 aromatic heterocycles. The molecule has 4 nitrogen and oxygen atoms in total. The number of anilines is 1. The Labute approximate surface area is 158 Å². The van der Waals surface area contributed by atoms with Gasteiger partial charge in [0.25, 0.3) is 5.91 Å². The van der Waals surface area contributed by atoms with Gasteiger partial charge < -0.3 is 16.0 Å². The first kappa shape index (κ1) is 23.0. The summed E-state index contributed by atoms with van der Waals surface area (Å²) in [5.41, 5.74) is 8.08. The van der Waals surface area contributed by atoms with Crippen LogP contribution in [0.2, 0.25) is 0 Å². The second-order valence-corrected chi connectivity index (χ2v) is 6.71. The maximum absolute atomic E-state index is 12.4. The van der Waals surface area contributed by atoms with E-state index >= 15 is 0 Å². The highest BCUT2D eigenvalue weighted by atomic mass is 35.5. The van der Waals surface area contributed by atoms with Crippen LogP contribution < -0.4 is 11.1 Å². The fourth-order valence-electron chi connectivity index (χ4n) is 3.47. The highest BCUT2D eigenvalue weighted by Gasteiger charge is 2.25. The SMILES string of the molecule is Cc1ccc(N)cc1C(=O)NCC(C1CCCCC1)N(C)C.Cl.Cl. The number of likely N-dealkylation sites (N-methyl/N-ethyl adjacent to an activating group) is 1. The molecule has 0 heterocycles. The highest BCUT2D eigenvalue weighted by Crippen LogP contribution is 2.28. The quantitative estimate of drug-likeness (QED) is 0.771. The molecule has 0 aliphatic heterocycles. The van der Waals surface area contributed by atoms with Crippen molar-refractivity contribution in [2.24, 2.45) is 5.92 Å². The van der Waals surface area contributed by atoms with E-state index in [0.29, 0.717) is 29.8 Å². The average molecular weight is 376 g/mol. The number of amides is 1. The Bertz CT molecular complexity index is 517. The van der Waals surface area contributed by atoms with Crippen LogP contribution in [-0.4, -0.2) is 37.5 Å². The number of benzene rings is 1. The Hall–Kier alpha value is -0.970. The molecule has 6 heteroatoms. The van der Waals surface area contributed by atoms with Crippen LogP contribution in [0.15, 0.2) is 18.2 Å². The van der Waals surface area contributed by atoms with Crippen LogP contribution in [0.1, 0.15) is 48.0 Å². The first-order valence-corrected chi connectivity index (χ1v) is 8.30. The fraction of sp³-hybridized carbons (Fsp3) is 0.611. The van der Waals surface area contributed by atoms with Gasteiger partial charge in [0.15, 0.2) is 0 Å². The van der Waals surface area contributed by atoms with Crippen molar-refractivity contribution in [3.05, 3.63) is 29.3 Å². The van der Waals surface area contributed by atoms with Crippen LogP contribution in [0.4, 0.5) is 5.69 Å². The van der Waals surface area contributed by atoms with Crippen molar-refractivity contribution in [3.63, 3.8) is 0 Å². The van der Waals surface area contributed by atoms with Gasteiger partial charge >= 0.3 is 0 Å². The predicted octanol–water partition coefficient (Wildman–Crippen LogP) is 3.66. The summed E-state index contributed by atoms with van der Waals surface area (Å²) >= 11 is 0. The summed E-state index contributed by atoms with van der Waals surface area (Å²) in [5, 5.41) is 3.11. The van der Waals surface area contributed by atoms with E-state index < -0.39 is 0 Å². The van der Waals surface area contributed by atoms with Gasteiger partial charge in [-0.25, -0.2) is 0 Å². The Balaban J connectivity index is 0.00000264. The molecule has 1 aromatic rings. The molecule has 1 aliphatic carbocycles. The van der Waals surface area contributed by atoms with Crippen molar-refractivity contribution >= 4 is 36.4 Å². The summed E-state index contributed by atoms with van der Waals surface area (Å²) in [7, 11) is 4.22. The van der Waals surface area contributed by atoms with Gasteiger partial charge in [0.2, 0.25) is 0 Å². The minimum atomic E-state index is -0.0209. The van der Waals surface area contributed by atoms with E-state index in [4.69, 9.17) is 5.73 Å². The second-order valence-electron chi connectivity index (χ2n) is 6.71. The smallest absolute Gasteiger partial charge is 0.251 e. The van der Waals surface area contributed by atoms with E-state index in [-0.39, 0.29) is 30.7 Å². The van der Waals surface area contributed by atoms with Gasteiger partial charge in [-0.1, -0.05) is 25.3 Å². The van der Waals surface area contributed by atoms with Gasteiger partial charge in [-0.05, 0) is 57.5 Å². The average Bonchev–Trinajstić information content (AvgIpc) is 2.50. The van der Waals surface area contributed by atoms with Crippen molar-refractivity contribution in [1.29, 1.82) is 0 Å². The number of hydrogen-bond donors (Lipinski definition) is 2. The van der Waals surface area contributed by atoms with E-state index in [1.54, 1.807) is 6.07 Å². The summed E-state index contributed by atoms with van der Waals surface area (Å²) in [6.07, 6.45) is 6.53. The van der Waals surface area contributed by atoms with Crippen molar-refractivity contribution in [2.75, 3.05) is 26.4 Å². The molecule has 1 atom stereocenters. The number of halogens is 2. The van der Waals surface area contributed by atoms with E-state index in [1.165, 1.54) is 32.1 Å². The van der Waals surface area contributed by atoms with Gasteiger partial charge in [-0.15, -0.1) is 24.8 Å². The number of nitrogens with one attached hydrogen (secondary N) is 1. The van der Waals surface area contributed by atoms with Gasteiger partial charge in [-0.2, -0.15) is 0 Å². The Morgan fingerprint density at radius 2 is 1.88 bits per heavy atom. The number of nitrogens with zero attached hydrogens (tertiary/aromatic N) is 1. The van der Waals surface area contributed by atoms with Crippen molar-refractivity contribution in [1.82, 2.24) is 10.2 Å². The van der Waals surface area contributed by atoms with Crippen molar-refractivity contribution in [2.45, 2.75) is 45.1 Å². The third kappa shape index (κ3) is 6.15.